The second-order valence-corrected chi connectivity index (χ2v) is 7.95. The Morgan fingerprint density at radius 3 is 2.43 bits per heavy atom. The van der Waals surface area contributed by atoms with E-state index in [0.717, 1.165) is 50.5 Å². The Labute approximate surface area is 127 Å². The molecule has 0 spiro atoms. The normalized spacial score (nSPS) is 17.1. The molecule has 1 heterocycles. The maximum absolute atomic E-state index is 11.5. The van der Waals surface area contributed by atoms with Gasteiger partial charge >= 0.3 is 0 Å². The number of rotatable bonds is 6. The molecule has 1 fully saturated rings. The van der Waals surface area contributed by atoms with Gasteiger partial charge in [0.25, 0.3) is 0 Å². The Hall–Kier alpha value is -1.27. The van der Waals surface area contributed by atoms with Gasteiger partial charge in [-0.3, -0.25) is 4.90 Å². The van der Waals surface area contributed by atoms with Crippen LogP contribution in [0.2, 0.25) is 0 Å². The molecule has 0 aliphatic carbocycles. The van der Waals surface area contributed by atoms with Crippen LogP contribution in [-0.2, 0) is 9.84 Å². The van der Waals surface area contributed by atoms with E-state index in [1.165, 1.54) is 0 Å². The molecule has 1 aromatic rings. The van der Waals surface area contributed by atoms with Crippen molar-refractivity contribution in [3.63, 3.8) is 0 Å². The fourth-order valence-electron chi connectivity index (χ4n) is 2.64. The lowest BCUT2D eigenvalue weighted by Gasteiger charge is -2.36. The van der Waals surface area contributed by atoms with Crippen LogP contribution in [0.15, 0.2) is 24.3 Å². The van der Waals surface area contributed by atoms with Gasteiger partial charge in [0.2, 0.25) is 0 Å². The number of benzene rings is 1. The van der Waals surface area contributed by atoms with E-state index in [9.17, 15) is 8.42 Å². The van der Waals surface area contributed by atoms with Gasteiger partial charge in [-0.25, -0.2) is 8.42 Å². The number of hydrogen-bond donors (Lipinski definition) is 1. The summed E-state index contributed by atoms with van der Waals surface area (Å²) in [5, 5.41) is 0. The van der Waals surface area contributed by atoms with Gasteiger partial charge in [-0.05, 0) is 25.1 Å². The van der Waals surface area contributed by atoms with Crippen molar-refractivity contribution in [2.45, 2.75) is 13.3 Å². The first-order valence-corrected chi connectivity index (χ1v) is 9.36. The Balaban J connectivity index is 1.77. The van der Waals surface area contributed by atoms with Crippen molar-refractivity contribution >= 4 is 21.2 Å². The SMILES string of the molecule is CCS(=O)(=O)CCCN1CCN(c2ccccc2N)CC1. The lowest BCUT2D eigenvalue weighted by Crippen LogP contribution is -2.47. The number of para-hydroxylation sites is 2. The predicted molar refractivity (Wildman–Crippen MR) is 88.5 cm³/mol. The van der Waals surface area contributed by atoms with E-state index in [-0.39, 0.29) is 5.75 Å². The molecule has 6 heteroatoms. The second kappa shape index (κ2) is 7.13. The number of nitrogens with two attached hydrogens (primary N) is 1. The van der Waals surface area contributed by atoms with E-state index in [1.54, 1.807) is 6.92 Å². The average molecular weight is 311 g/mol. The Morgan fingerprint density at radius 1 is 1.14 bits per heavy atom. The fraction of sp³-hybridized carbons (Fsp3) is 0.600. The monoisotopic (exact) mass is 311 g/mol. The zero-order chi connectivity index (χ0) is 15.3. The third-order valence-corrected chi connectivity index (χ3v) is 5.81. The lowest BCUT2D eigenvalue weighted by atomic mass is 10.2. The van der Waals surface area contributed by atoms with E-state index >= 15 is 0 Å². The van der Waals surface area contributed by atoms with Crippen LogP contribution in [0.5, 0.6) is 0 Å². The first-order chi connectivity index (χ1) is 10.0. The maximum atomic E-state index is 11.5. The average Bonchev–Trinajstić information content (AvgIpc) is 2.48. The zero-order valence-electron chi connectivity index (χ0n) is 12.7. The van der Waals surface area contributed by atoms with Crippen molar-refractivity contribution in [3.8, 4) is 0 Å². The highest BCUT2D eigenvalue weighted by molar-refractivity contribution is 7.91. The zero-order valence-corrected chi connectivity index (χ0v) is 13.5. The Kier molecular flexibility index (Phi) is 5.47. The molecule has 1 aromatic carbocycles. The van der Waals surface area contributed by atoms with Gasteiger partial charge in [0.1, 0.15) is 9.84 Å². The van der Waals surface area contributed by atoms with E-state index in [1.807, 2.05) is 18.2 Å². The van der Waals surface area contributed by atoms with Gasteiger partial charge in [0.05, 0.1) is 17.1 Å². The second-order valence-electron chi connectivity index (χ2n) is 5.48. The highest BCUT2D eigenvalue weighted by Crippen LogP contribution is 2.23. The first-order valence-electron chi connectivity index (χ1n) is 7.54. The topological polar surface area (TPSA) is 66.6 Å². The summed E-state index contributed by atoms with van der Waals surface area (Å²) in [5.74, 6) is 0.545. The summed E-state index contributed by atoms with van der Waals surface area (Å²) in [7, 11) is -2.83. The molecule has 0 aromatic heterocycles. The highest BCUT2D eigenvalue weighted by atomic mass is 32.2. The molecule has 0 atom stereocenters. The molecule has 118 valence electrons. The predicted octanol–water partition coefficient (Wildman–Crippen LogP) is 1.22. The van der Waals surface area contributed by atoms with Crippen molar-refractivity contribution in [2.24, 2.45) is 0 Å². The number of nitrogen functional groups attached to an aromatic ring is 1. The quantitative estimate of drug-likeness (QED) is 0.800. The van der Waals surface area contributed by atoms with Gasteiger partial charge in [-0.2, -0.15) is 0 Å². The fourth-order valence-corrected chi connectivity index (χ4v) is 3.50. The molecule has 5 nitrogen and oxygen atoms in total. The van der Waals surface area contributed by atoms with Crippen LogP contribution in [-0.4, -0.2) is 57.5 Å². The van der Waals surface area contributed by atoms with E-state index in [0.29, 0.717) is 5.75 Å². The standard InChI is InChI=1S/C15H25N3O2S/c1-2-21(19,20)13-5-8-17-9-11-18(12-10-17)15-7-4-3-6-14(15)16/h3-4,6-7H,2,5,8-13,16H2,1H3. The molecule has 21 heavy (non-hydrogen) atoms. The molecule has 1 aliphatic rings. The molecule has 1 saturated heterocycles. The molecule has 0 amide bonds. The van der Waals surface area contributed by atoms with Gasteiger partial charge in [0, 0.05) is 31.9 Å². The molecular formula is C15H25N3O2S. The van der Waals surface area contributed by atoms with Crippen LogP contribution in [0.3, 0.4) is 0 Å². The molecule has 0 radical (unpaired) electrons. The third-order valence-electron chi connectivity index (χ3n) is 4.02. The minimum atomic E-state index is -2.83. The van der Waals surface area contributed by atoms with Crippen LogP contribution < -0.4 is 10.6 Å². The number of anilines is 2. The molecule has 0 unspecified atom stereocenters. The van der Waals surface area contributed by atoms with E-state index in [4.69, 9.17) is 5.73 Å². The summed E-state index contributed by atoms with van der Waals surface area (Å²) in [6, 6.07) is 7.94. The van der Waals surface area contributed by atoms with Crippen molar-refractivity contribution in [2.75, 3.05) is 54.9 Å². The lowest BCUT2D eigenvalue weighted by molar-refractivity contribution is 0.259. The highest BCUT2D eigenvalue weighted by Gasteiger charge is 2.18. The van der Waals surface area contributed by atoms with Gasteiger partial charge in [-0.15, -0.1) is 0 Å². The molecule has 1 aliphatic heterocycles. The summed E-state index contributed by atoms with van der Waals surface area (Å²) >= 11 is 0. The summed E-state index contributed by atoms with van der Waals surface area (Å²) in [4.78, 5) is 4.63. The van der Waals surface area contributed by atoms with E-state index in [2.05, 4.69) is 15.9 Å². The van der Waals surface area contributed by atoms with Crippen LogP contribution >= 0.6 is 0 Å². The van der Waals surface area contributed by atoms with Crippen LogP contribution in [0.25, 0.3) is 0 Å². The summed E-state index contributed by atoms with van der Waals surface area (Å²) in [5.41, 5.74) is 7.93. The largest absolute Gasteiger partial charge is 0.397 e. The summed E-state index contributed by atoms with van der Waals surface area (Å²) < 4.78 is 22.9. The molecule has 0 bridgehead atoms. The minimum Gasteiger partial charge on any atom is -0.397 e. The van der Waals surface area contributed by atoms with Gasteiger partial charge in [0.15, 0.2) is 0 Å². The number of sulfone groups is 1. The van der Waals surface area contributed by atoms with Crippen molar-refractivity contribution in [1.29, 1.82) is 0 Å². The van der Waals surface area contributed by atoms with E-state index < -0.39 is 9.84 Å². The van der Waals surface area contributed by atoms with Gasteiger partial charge < -0.3 is 10.6 Å². The summed E-state index contributed by atoms with van der Waals surface area (Å²) in [6.45, 7) is 6.36. The first kappa shape index (κ1) is 16.1. The van der Waals surface area contributed by atoms with Crippen LogP contribution in [0.1, 0.15) is 13.3 Å². The summed E-state index contributed by atoms with van der Waals surface area (Å²) in [6.07, 6.45) is 0.726. The smallest absolute Gasteiger partial charge is 0.150 e. The van der Waals surface area contributed by atoms with Crippen LogP contribution in [0, 0.1) is 0 Å². The number of hydrogen-bond acceptors (Lipinski definition) is 5. The number of nitrogens with zero attached hydrogens (tertiary/aromatic N) is 2. The Morgan fingerprint density at radius 2 is 1.81 bits per heavy atom. The third kappa shape index (κ3) is 4.61. The molecule has 2 N–H and O–H groups in total. The van der Waals surface area contributed by atoms with Crippen molar-refractivity contribution < 1.29 is 8.42 Å². The number of piperazine rings is 1. The molecular weight excluding hydrogens is 286 g/mol. The molecule has 2 rings (SSSR count). The van der Waals surface area contributed by atoms with Gasteiger partial charge in [-0.1, -0.05) is 19.1 Å². The maximum Gasteiger partial charge on any atom is 0.150 e. The molecule has 0 saturated carbocycles. The van der Waals surface area contributed by atoms with Crippen LogP contribution in [0.4, 0.5) is 11.4 Å². The van der Waals surface area contributed by atoms with Crippen molar-refractivity contribution in [1.82, 2.24) is 4.90 Å². The minimum absolute atomic E-state index is 0.244. The van der Waals surface area contributed by atoms with Crippen molar-refractivity contribution in [3.05, 3.63) is 24.3 Å². The Bertz CT molecular complexity index is 552.